The molecule has 0 spiro atoms. The third kappa shape index (κ3) is 4.19. The second kappa shape index (κ2) is 6.40. The molecule has 0 saturated heterocycles. The number of nitrogens with one attached hydrogen (secondary N) is 1. The number of hydrogen-bond acceptors (Lipinski definition) is 3. The van der Waals surface area contributed by atoms with Crippen molar-refractivity contribution in [2.45, 2.75) is 27.3 Å². The van der Waals surface area contributed by atoms with Crippen molar-refractivity contribution in [3.05, 3.63) is 35.5 Å². The Morgan fingerprint density at radius 3 is 2.71 bits per heavy atom. The lowest BCUT2D eigenvalue weighted by Gasteiger charge is -2.23. The number of pyridine rings is 1. The van der Waals surface area contributed by atoms with Crippen LogP contribution in [0.3, 0.4) is 0 Å². The summed E-state index contributed by atoms with van der Waals surface area (Å²) in [5, 5.41) is 3.17. The van der Waals surface area contributed by atoms with Gasteiger partial charge in [0.05, 0.1) is 0 Å². The van der Waals surface area contributed by atoms with E-state index in [0.29, 0.717) is 0 Å². The van der Waals surface area contributed by atoms with Crippen LogP contribution >= 0.6 is 0 Å². The Morgan fingerprint density at radius 2 is 2.18 bits per heavy atom. The Morgan fingerprint density at radius 1 is 1.47 bits per heavy atom. The maximum atomic E-state index is 4.60. The first-order valence-corrected chi connectivity index (χ1v) is 6.08. The molecule has 0 amide bonds. The van der Waals surface area contributed by atoms with Crippen LogP contribution in [-0.2, 0) is 6.54 Å². The topological polar surface area (TPSA) is 28.2 Å². The van der Waals surface area contributed by atoms with Crippen LogP contribution in [0, 0.1) is 6.92 Å². The summed E-state index contributed by atoms with van der Waals surface area (Å²) in [5.41, 5.74) is 3.49. The maximum Gasteiger partial charge on any atom is 0.129 e. The summed E-state index contributed by atoms with van der Waals surface area (Å²) in [7, 11) is 1.96. The van der Waals surface area contributed by atoms with Gasteiger partial charge in [-0.05, 0) is 45.5 Å². The van der Waals surface area contributed by atoms with E-state index < -0.39 is 0 Å². The van der Waals surface area contributed by atoms with Crippen molar-refractivity contribution in [1.82, 2.24) is 10.3 Å². The Labute approximate surface area is 105 Å². The molecule has 0 fully saturated rings. The Balaban J connectivity index is 2.97. The van der Waals surface area contributed by atoms with Crippen LogP contribution in [-0.4, -0.2) is 25.1 Å². The van der Waals surface area contributed by atoms with E-state index in [1.165, 1.54) is 5.56 Å². The van der Waals surface area contributed by atoms with Crippen molar-refractivity contribution < 1.29 is 0 Å². The predicted octanol–water partition coefficient (Wildman–Crippen LogP) is 2.51. The van der Waals surface area contributed by atoms with Crippen LogP contribution < -0.4 is 10.2 Å². The first-order chi connectivity index (χ1) is 8.06. The van der Waals surface area contributed by atoms with E-state index in [-0.39, 0.29) is 0 Å². The number of rotatable bonds is 6. The molecule has 1 rings (SSSR count). The zero-order valence-corrected chi connectivity index (χ0v) is 11.4. The minimum absolute atomic E-state index is 0.867. The Kier molecular flexibility index (Phi) is 5.16. The number of aryl methyl sites for hydroxylation is 1. The van der Waals surface area contributed by atoms with Crippen LogP contribution in [0.25, 0.3) is 0 Å². The van der Waals surface area contributed by atoms with E-state index in [1.807, 2.05) is 20.9 Å². The second-order valence-corrected chi connectivity index (χ2v) is 4.48. The molecule has 0 aromatic carbocycles. The Hall–Kier alpha value is -1.35. The molecule has 17 heavy (non-hydrogen) atoms. The highest BCUT2D eigenvalue weighted by Crippen LogP contribution is 2.16. The second-order valence-electron chi connectivity index (χ2n) is 4.48. The van der Waals surface area contributed by atoms with Gasteiger partial charge in [0.15, 0.2) is 0 Å². The van der Waals surface area contributed by atoms with Crippen LogP contribution in [0.5, 0.6) is 0 Å². The number of hydrogen-bond donors (Lipinski definition) is 1. The fourth-order valence-electron chi connectivity index (χ4n) is 1.87. The van der Waals surface area contributed by atoms with Crippen molar-refractivity contribution in [3.63, 3.8) is 0 Å². The maximum absolute atomic E-state index is 4.60. The molecule has 0 radical (unpaired) electrons. The van der Waals surface area contributed by atoms with E-state index in [4.69, 9.17) is 0 Å². The van der Waals surface area contributed by atoms with Gasteiger partial charge >= 0.3 is 0 Å². The average Bonchev–Trinajstić information content (AvgIpc) is 2.25. The highest BCUT2D eigenvalue weighted by atomic mass is 15.2. The van der Waals surface area contributed by atoms with Gasteiger partial charge in [0.1, 0.15) is 5.82 Å². The number of nitrogens with zero attached hydrogens (tertiary/aromatic N) is 2. The number of aromatic nitrogens is 1. The molecule has 0 aliphatic heterocycles. The molecule has 3 nitrogen and oxygen atoms in total. The molecular weight excluding hydrogens is 210 g/mol. The van der Waals surface area contributed by atoms with Crippen LogP contribution in [0.1, 0.15) is 25.1 Å². The van der Waals surface area contributed by atoms with E-state index >= 15 is 0 Å². The normalized spacial score (nSPS) is 10.4. The molecule has 0 atom stereocenters. The van der Waals surface area contributed by atoms with E-state index in [1.54, 1.807) is 0 Å². The number of anilines is 1. The van der Waals surface area contributed by atoms with Crippen molar-refractivity contribution in [1.29, 1.82) is 0 Å². The summed E-state index contributed by atoms with van der Waals surface area (Å²) in [5.74, 6) is 1.04. The SMILES string of the molecule is C=C(C)CN(CC)c1cc(CNC)cc(C)n1. The van der Waals surface area contributed by atoms with Gasteiger partial charge in [0.2, 0.25) is 0 Å². The lowest BCUT2D eigenvalue weighted by Crippen LogP contribution is -2.26. The first-order valence-electron chi connectivity index (χ1n) is 6.08. The monoisotopic (exact) mass is 233 g/mol. The summed E-state index contributed by atoms with van der Waals surface area (Å²) in [6, 6.07) is 4.27. The zero-order valence-electron chi connectivity index (χ0n) is 11.4. The molecular formula is C14H23N3. The smallest absolute Gasteiger partial charge is 0.129 e. The summed E-state index contributed by atoms with van der Waals surface area (Å²) in [6.45, 7) is 12.9. The van der Waals surface area contributed by atoms with Gasteiger partial charge in [-0.25, -0.2) is 4.98 Å². The van der Waals surface area contributed by atoms with Gasteiger partial charge in [-0.3, -0.25) is 0 Å². The van der Waals surface area contributed by atoms with Crippen molar-refractivity contribution >= 4 is 5.82 Å². The quantitative estimate of drug-likeness (QED) is 0.765. The summed E-state index contributed by atoms with van der Waals surface area (Å²) < 4.78 is 0. The van der Waals surface area contributed by atoms with Crippen LogP contribution in [0.2, 0.25) is 0 Å². The molecule has 1 N–H and O–H groups in total. The highest BCUT2D eigenvalue weighted by molar-refractivity contribution is 5.43. The molecule has 1 aromatic rings. The fourth-order valence-corrected chi connectivity index (χ4v) is 1.87. The minimum atomic E-state index is 0.867. The average molecular weight is 233 g/mol. The van der Waals surface area contributed by atoms with Crippen LogP contribution in [0.15, 0.2) is 24.3 Å². The zero-order chi connectivity index (χ0) is 12.8. The minimum Gasteiger partial charge on any atom is -0.353 e. The van der Waals surface area contributed by atoms with Gasteiger partial charge in [-0.15, -0.1) is 0 Å². The van der Waals surface area contributed by atoms with Gasteiger partial charge in [0.25, 0.3) is 0 Å². The first kappa shape index (κ1) is 13.7. The van der Waals surface area contributed by atoms with Crippen LogP contribution in [0.4, 0.5) is 5.82 Å². The van der Waals surface area contributed by atoms with Crippen molar-refractivity contribution in [3.8, 4) is 0 Å². The molecule has 94 valence electrons. The molecule has 3 heteroatoms. The summed E-state index contributed by atoms with van der Waals surface area (Å²) >= 11 is 0. The van der Waals surface area contributed by atoms with Gasteiger partial charge < -0.3 is 10.2 Å². The largest absolute Gasteiger partial charge is 0.353 e. The highest BCUT2D eigenvalue weighted by Gasteiger charge is 2.07. The van der Waals surface area contributed by atoms with Gasteiger partial charge in [-0.2, -0.15) is 0 Å². The van der Waals surface area contributed by atoms with Gasteiger partial charge in [-0.1, -0.05) is 12.2 Å². The molecule has 0 unspecified atom stereocenters. The summed E-state index contributed by atoms with van der Waals surface area (Å²) in [4.78, 5) is 6.84. The van der Waals surface area contributed by atoms with Gasteiger partial charge in [0, 0.05) is 25.3 Å². The third-order valence-corrected chi connectivity index (χ3v) is 2.55. The summed E-state index contributed by atoms with van der Waals surface area (Å²) in [6.07, 6.45) is 0. The molecule has 1 heterocycles. The molecule has 1 aromatic heterocycles. The van der Waals surface area contributed by atoms with E-state index in [2.05, 4.69) is 40.8 Å². The molecule has 0 aliphatic carbocycles. The predicted molar refractivity (Wildman–Crippen MR) is 74.4 cm³/mol. The van der Waals surface area contributed by atoms with Crippen molar-refractivity contribution in [2.24, 2.45) is 0 Å². The standard InChI is InChI=1S/C14H23N3/c1-6-17(10-11(2)3)14-8-13(9-15-5)7-12(4)16-14/h7-8,15H,2,6,9-10H2,1,3-5H3. The molecule has 0 aliphatic rings. The van der Waals surface area contributed by atoms with E-state index in [0.717, 1.165) is 36.7 Å². The van der Waals surface area contributed by atoms with Crippen molar-refractivity contribution in [2.75, 3.05) is 25.0 Å². The third-order valence-electron chi connectivity index (χ3n) is 2.55. The lowest BCUT2D eigenvalue weighted by molar-refractivity contribution is 0.805. The molecule has 0 bridgehead atoms. The van der Waals surface area contributed by atoms with E-state index in [9.17, 15) is 0 Å². The molecule has 0 saturated carbocycles. The number of likely N-dealkylation sites (N-methyl/N-ethyl adjacent to an activating group) is 1. The fraction of sp³-hybridized carbons (Fsp3) is 0.500. The lowest BCUT2D eigenvalue weighted by atomic mass is 10.2. The Bertz CT molecular complexity index is 385.